The minimum atomic E-state index is -1.66. The fourth-order valence-electron chi connectivity index (χ4n) is 2.09. The van der Waals surface area contributed by atoms with Gasteiger partial charge in [-0.15, -0.1) is 11.6 Å². The molecule has 1 rings (SSSR count). The Morgan fingerprint density at radius 3 is 2.35 bits per heavy atom. The molecule has 3 nitrogen and oxygen atoms in total. The first-order valence-corrected chi connectivity index (χ1v) is 11.6. The molecule has 1 aromatic rings. The number of anilines is 1. The molecule has 0 spiro atoms. The number of amides is 1. The third-order valence-electron chi connectivity index (χ3n) is 3.29. The summed E-state index contributed by atoms with van der Waals surface area (Å²) in [6.45, 7) is 11.0. The molecule has 130 valence electrons. The van der Waals surface area contributed by atoms with E-state index >= 15 is 0 Å². The van der Waals surface area contributed by atoms with E-state index in [2.05, 4.69) is 39.2 Å². The normalized spacial score (nSPS) is 12.6. The maximum Gasteiger partial charge on any atom is 0.262 e. The highest BCUT2D eigenvalue weighted by Gasteiger charge is 2.33. The number of nitrogens with one attached hydrogen (secondary N) is 1. The van der Waals surface area contributed by atoms with E-state index in [-0.39, 0.29) is 11.3 Å². The van der Waals surface area contributed by atoms with Gasteiger partial charge in [0, 0.05) is 11.3 Å². The number of carbonyl (C=O) groups is 1. The molecule has 7 heteroatoms. The van der Waals surface area contributed by atoms with Crippen LogP contribution in [0.2, 0.25) is 13.1 Å². The van der Waals surface area contributed by atoms with Gasteiger partial charge in [0.2, 0.25) is 4.33 Å². The molecule has 1 N–H and O–H groups in total. The summed E-state index contributed by atoms with van der Waals surface area (Å²) in [5, 5.41) is 2.79. The van der Waals surface area contributed by atoms with E-state index in [4.69, 9.17) is 39.2 Å². The quantitative estimate of drug-likeness (QED) is 0.552. The summed E-state index contributed by atoms with van der Waals surface area (Å²) in [5.41, 5.74) is 2.65. The van der Waals surface area contributed by atoms with Crippen molar-refractivity contribution in [3.8, 4) is 0 Å². The number of carbonyl (C=O) groups excluding carboxylic acids is 1. The lowest BCUT2D eigenvalue weighted by Crippen LogP contribution is -2.34. The van der Waals surface area contributed by atoms with Crippen LogP contribution in [0.25, 0.3) is 0 Å². The second-order valence-corrected chi connectivity index (χ2v) is 10.9. The minimum Gasteiger partial charge on any atom is -0.416 e. The summed E-state index contributed by atoms with van der Waals surface area (Å²) >= 11 is 17.5. The fraction of sp³-hybridized carbons (Fsp3) is 0.562. The zero-order valence-electron chi connectivity index (χ0n) is 14.2. The van der Waals surface area contributed by atoms with Crippen LogP contribution in [0.4, 0.5) is 5.69 Å². The van der Waals surface area contributed by atoms with Gasteiger partial charge in [-0.2, -0.15) is 0 Å². The van der Waals surface area contributed by atoms with Crippen LogP contribution in [-0.4, -0.2) is 25.2 Å². The predicted octanol–water partition coefficient (Wildman–Crippen LogP) is 4.84. The van der Waals surface area contributed by atoms with Crippen LogP contribution in [0.3, 0.4) is 0 Å². The lowest BCUT2D eigenvalue weighted by molar-refractivity contribution is -0.116. The van der Waals surface area contributed by atoms with Crippen molar-refractivity contribution in [2.24, 2.45) is 0 Å². The van der Waals surface area contributed by atoms with Gasteiger partial charge < -0.3 is 9.74 Å². The Hall–Kier alpha value is -0.263. The summed E-state index contributed by atoms with van der Waals surface area (Å²) in [6.07, 6.45) is 0. The first-order chi connectivity index (χ1) is 10.5. The van der Waals surface area contributed by atoms with Crippen LogP contribution in [0.5, 0.6) is 0 Å². The van der Waals surface area contributed by atoms with E-state index in [0.29, 0.717) is 12.3 Å². The second-order valence-electron chi connectivity index (χ2n) is 6.73. The summed E-state index contributed by atoms with van der Waals surface area (Å²) in [5.74, 6) is -0.726. The standard InChI is InChI=1S/C16H24Cl3NO2Si/c1-15(2,3)12-7-6-8-13(11(12)9-22-23(4)5)20-14(21)16(18,19)10-17/h6-8,23H,9-10H2,1-5H3,(H,20,21). The third kappa shape index (κ3) is 5.95. The number of hydrogen-bond donors (Lipinski definition) is 1. The Kier molecular flexibility index (Phi) is 7.42. The van der Waals surface area contributed by atoms with Crippen molar-refractivity contribution in [3.05, 3.63) is 29.3 Å². The highest BCUT2D eigenvalue weighted by Crippen LogP contribution is 2.33. The minimum absolute atomic E-state index is 0.0799. The van der Waals surface area contributed by atoms with Gasteiger partial charge in [0.05, 0.1) is 12.5 Å². The van der Waals surface area contributed by atoms with E-state index in [1.165, 1.54) is 0 Å². The molecular weight excluding hydrogens is 373 g/mol. The average Bonchev–Trinajstić information content (AvgIpc) is 2.44. The number of halogens is 3. The number of benzene rings is 1. The van der Waals surface area contributed by atoms with Crippen LogP contribution < -0.4 is 5.32 Å². The number of rotatable bonds is 6. The molecule has 23 heavy (non-hydrogen) atoms. The van der Waals surface area contributed by atoms with Crippen molar-refractivity contribution in [1.29, 1.82) is 0 Å². The molecule has 0 saturated heterocycles. The third-order valence-corrected chi connectivity index (χ3v) is 5.41. The van der Waals surface area contributed by atoms with Crippen molar-refractivity contribution >= 4 is 55.4 Å². The molecule has 0 fully saturated rings. The van der Waals surface area contributed by atoms with Crippen LogP contribution in [0.1, 0.15) is 31.9 Å². The molecule has 0 aromatic heterocycles. The van der Waals surface area contributed by atoms with Gasteiger partial charge >= 0.3 is 0 Å². The Morgan fingerprint density at radius 1 is 1.26 bits per heavy atom. The first-order valence-electron chi connectivity index (χ1n) is 7.48. The molecule has 0 unspecified atom stereocenters. The number of alkyl halides is 3. The second kappa shape index (κ2) is 8.21. The Labute approximate surface area is 155 Å². The predicted molar refractivity (Wildman–Crippen MR) is 103 cm³/mol. The Morgan fingerprint density at radius 2 is 1.87 bits per heavy atom. The molecule has 0 bridgehead atoms. The Balaban J connectivity index is 3.23. The molecule has 1 amide bonds. The zero-order chi connectivity index (χ0) is 17.8. The van der Waals surface area contributed by atoms with Crippen LogP contribution in [0.15, 0.2) is 18.2 Å². The van der Waals surface area contributed by atoms with E-state index in [0.717, 1.165) is 11.1 Å². The van der Waals surface area contributed by atoms with E-state index in [1.807, 2.05) is 18.2 Å². The monoisotopic (exact) mass is 395 g/mol. The van der Waals surface area contributed by atoms with Crippen LogP contribution >= 0.6 is 34.8 Å². The smallest absolute Gasteiger partial charge is 0.262 e. The van der Waals surface area contributed by atoms with Crippen molar-refractivity contribution in [1.82, 2.24) is 0 Å². The maximum atomic E-state index is 12.2. The van der Waals surface area contributed by atoms with Gasteiger partial charge in [-0.3, -0.25) is 4.79 Å². The summed E-state index contributed by atoms with van der Waals surface area (Å²) in [6, 6.07) is 5.77. The van der Waals surface area contributed by atoms with E-state index in [9.17, 15) is 4.79 Å². The first kappa shape index (κ1) is 20.8. The molecule has 0 saturated carbocycles. The summed E-state index contributed by atoms with van der Waals surface area (Å²) in [7, 11) is -1.20. The molecule has 0 atom stereocenters. The molecule has 0 aliphatic heterocycles. The van der Waals surface area contributed by atoms with Crippen molar-refractivity contribution in [3.63, 3.8) is 0 Å². The molecule has 0 aliphatic rings. The van der Waals surface area contributed by atoms with Gasteiger partial charge in [0.1, 0.15) is 0 Å². The Bertz CT molecular complexity index is 557. The molecule has 0 heterocycles. The van der Waals surface area contributed by atoms with Gasteiger partial charge in [-0.1, -0.05) is 56.1 Å². The van der Waals surface area contributed by atoms with E-state index in [1.54, 1.807) is 0 Å². The van der Waals surface area contributed by atoms with Gasteiger partial charge in [0.25, 0.3) is 5.91 Å². The summed E-state index contributed by atoms with van der Waals surface area (Å²) < 4.78 is 4.23. The molecule has 0 aliphatic carbocycles. The van der Waals surface area contributed by atoms with E-state index < -0.39 is 19.3 Å². The van der Waals surface area contributed by atoms with Crippen molar-refractivity contribution in [2.45, 2.75) is 50.2 Å². The van der Waals surface area contributed by atoms with Gasteiger partial charge in [-0.05, 0) is 30.1 Å². The highest BCUT2D eigenvalue weighted by atomic mass is 35.5. The van der Waals surface area contributed by atoms with Crippen LogP contribution in [-0.2, 0) is 21.2 Å². The molecule has 0 radical (unpaired) electrons. The van der Waals surface area contributed by atoms with Gasteiger partial charge in [0.15, 0.2) is 9.04 Å². The number of hydrogen-bond acceptors (Lipinski definition) is 2. The topological polar surface area (TPSA) is 38.3 Å². The van der Waals surface area contributed by atoms with Crippen LogP contribution in [0, 0.1) is 0 Å². The van der Waals surface area contributed by atoms with Gasteiger partial charge in [-0.25, -0.2) is 0 Å². The largest absolute Gasteiger partial charge is 0.416 e. The summed E-state index contributed by atoms with van der Waals surface area (Å²) in [4.78, 5) is 12.2. The molecular formula is C16H24Cl3NO2Si. The SMILES string of the molecule is C[SiH](C)OCc1c(NC(=O)C(Cl)(Cl)CCl)cccc1C(C)(C)C. The maximum absolute atomic E-state index is 12.2. The molecule has 1 aromatic carbocycles. The lowest BCUT2D eigenvalue weighted by Gasteiger charge is -2.26. The lowest BCUT2D eigenvalue weighted by atomic mass is 9.83. The zero-order valence-corrected chi connectivity index (χ0v) is 17.6. The average molecular weight is 397 g/mol. The van der Waals surface area contributed by atoms with Crippen molar-refractivity contribution < 1.29 is 9.22 Å². The fourth-order valence-corrected chi connectivity index (χ4v) is 2.80. The van der Waals surface area contributed by atoms with Crippen molar-refractivity contribution in [2.75, 3.05) is 11.2 Å². The highest BCUT2D eigenvalue weighted by molar-refractivity contribution is 6.61.